The normalized spacial score (nSPS) is 20.7. The van der Waals surface area contributed by atoms with E-state index in [0.29, 0.717) is 39.6 Å². The molecular weight excluding hydrogens is 477 g/mol. The second-order valence-electron chi connectivity index (χ2n) is 10.2. The van der Waals surface area contributed by atoms with Crippen molar-refractivity contribution in [2.75, 3.05) is 4.90 Å². The Morgan fingerprint density at radius 3 is 2.20 bits per heavy atom. The van der Waals surface area contributed by atoms with Gasteiger partial charge in [0.1, 0.15) is 0 Å². The van der Waals surface area contributed by atoms with Crippen molar-refractivity contribution in [1.29, 1.82) is 0 Å². The van der Waals surface area contributed by atoms with Gasteiger partial charge in [-0.3, -0.25) is 9.59 Å². The topological polar surface area (TPSA) is 37.4 Å². The predicted octanol–water partition coefficient (Wildman–Crippen LogP) is 7.85. The lowest BCUT2D eigenvalue weighted by Gasteiger charge is -2.44. The fraction of sp³-hybridized carbons (Fsp3) is 0.200. The van der Waals surface area contributed by atoms with Crippen LogP contribution in [0.15, 0.2) is 89.6 Å². The molecule has 3 aromatic carbocycles. The number of nitrogens with zero attached hydrogens (tertiary/aromatic N) is 1. The lowest BCUT2D eigenvalue weighted by atomic mass is 9.68. The Labute approximate surface area is 214 Å². The molecule has 0 aromatic heterocycles. The second-order valence-corrected chi connectivity index (χ2v) is 11.0. The van der Waals surface area contributed by atoms with E-state index in [1.54, 1.807) is 6.07 Å². The third-order valence-electron chi connectivity index (χ3n) is 7.19. The molecule has 6 rings (SSSR count). The van der Waals surface area contributed by atoms with Crippen molar-refractivity contribution in [1.82, 2.24) is 0 Å². The molecule has 0 fully saturated rings. The Hall–Kier alpha value is -3.14. The van der Waals surface area contributed by atoms with E-state index >= 15 is 0 Å². The zero-order valence-corrected chi connectivity index (χ0v) is 21.0. The number of Topliss-reactive ketones (excluding diaryl/α,β-unsaturated/α-hetero) is 2. The quantitative estimate of drug-likeness (QED) is 0.360. The van der Waals surface area contributed by atoms with Gasteiger partial charge in [0.25, 0.3) is 0 Å². The summed E-state index contributed by atoms with van der Waals surface area (Å²) in [4.78, 5) is 29.9. The minimum Gasteiger partial charge on any atom is -0.313 e. The van der Waals surface area contributed by atoms with Crippen LogP contribution in [-0.2, 0) is 4.79 Å². The van der Waals surface area contributed by atoms with Crippen LogP contribution in [0.5, 0.6) is 0 Å². The van der Waals surface area contributed by atoms with E-state index in [9.17, 15) is 9.59 Å². The molecule has 3 aliphatic rings. The van der Waals surface area contributed by atoms with E-state index in [0.717, 1.165) is 28.2 Å². The highest BCUT2D eigenvalue weighted by molar-refractivity contribution is 6.42. The number of carbonyl (C=O) groups excluding carboxylic acids is 2. The maximum absolute atomic E-state index is 14.0. The van der Waals surface area contributed by atoms with Crippen LogP contribution >= 0.6 is 23.2 Å². The molecular formula is C30H23Cl2NO2. The first-order valence-electron chi connectivity index (χ1n) is 11.7. The predicted molar refractivity (Wildman–Crippen MR) is 141 cm³/mol. The molecule has 0 amide bonds. The number of allylic oxidation sites excluding steroid dienone is 3. The molecule has 0 saturated carbocycles. The van der Waals surface area contributed by atoms with E-state index in [1.807, 2.05) is 66.7 Å². The van der Waals surface area contributed by atoms with Crippen LogP contribution in [0.25, 0.3) is 5.70 Å². The molecule has 0 radical (unpaired) electrons. The molecule has 35 heavy (non-hydrogen) atoms. The SMILES string of the molecule is CC1(C)CC(=O)C2=C(C1)N(c1ccc(Cl)c(Cl)c1)C1=C(C(=O)c3ccccc31)C2c1ccccc1. The summed E-state index contributed by atoms with van der Waals surface area (Å²) in [6, 6.07) is 23.1. The number of carbonyl (C=O) groups is 2. The van der Waals surface area contributed by atoms with Crippen LogP contribution in [0.2, 0.25) is 10.0 Å². The summed E-state index contributed by atoms with van der Waals surface area (Å²) in [5, 5.41) is 0.888. The monoisotopic (exact) mass is 499 g/mol. The van der Waals surface area contributed by atoms with Gasteiger partial charge in [0.05, 0.1) is 15.7 Å². The maximum atomic E-state index is 14.0. The molecule has 0 bridgehead atoms. The number of halogens is 2. The maximum Gasteiger partial charge on any atom is 0.192 e. The van der Waals surface area contributed by atoms with Crippen molar-refractivity contribution in [3.05, 3.63) is 116 Å². The van der Waals surface area contributed by atoms with E-state index in [1.165, 1.54) is 0 Å². The molecule has 174 valence electrons. The van der Waals surface area contributed by atoms with Crippen LogP contribution in [-0.4, -0.2) is 11.6 Å². The lowest BCUT2D eigenvalue weighted by molar-refractivity contribution is -0.118. The molecule has 0 N–H and O–H groups in total. The van der Waals surface area contributed by atoms with E-state index in [4.69, 9.17) is 23.2 Å². The van der Waals surface area contributed by atoms with Crippen molar-refractivity contribution >= 4 is 46.2 Å². The van der Waals surface area contributed by atoms with Gasteiger partial charge in [-0.1, -0.05) is 91.6 Å². The lowest BCUT2D eigenvalue weighted by Crippen LogP contribution is -2.39. The smallest absolute Gasteiger partial charge is 0.192 e. The minimum absolute atomic E-state index is 0.0290. The van der Waals surface area contributed by atoms with Crippen LogP contribution in [0.4, 0.5) is 5.69 Å². The Morgan fingerprint density at radius 1 is 0.800 bits per heavy atom. The standard InChI is InChI=1S/C30H23Cl2NO2/c1-30(2)15-23-26(24(34)16-30)25(17-8-4-3-5-9-17)27-28(19-10-6-7-11-20(19)29(27)35)33(23)18-12-13-21(31)22(32)14-18/h3-14,25H,15-16H2,1-2H3. The van der Waals surface area contributed by atoms with Gasteiger partial charge in [-0.05, 0) is 35.6 Å². The second kappa shape index (κ2) is 7.94. The van der Waals surface area contributed by atoms with Crippen LogP contribution in [0.3, 0.4) is 0 Å². The van der Waals surface area contributed by atoms with Gasteiger partial charge < -0.3 is 4.90 Å². The molecule has 0 spiro atoms. The summed E-state index contributed by atoms with van der Waals surface area (Å²) in [7, 11) is 0. The fourth-order valence-corrected chi connectivity index (χ4v) is 6.08. The molecule has 3 aromatic rings. The summed E-state index contributed by atoms with van der Waals surface area (Å²) in [6.45, 7) is 4.24. The zero-order chi connectivity index (χ0) is 24.5. The first-order valence-corrected chi connectivity index (χ1v) is 12.5. The zero-order valence-electron chi connectivity index (χ0n) is 19.4. The average molecular weight is 500 g/mol. The highest BCUT2D eigenvalue weighted by atomic mass is 35.5. The minimum atomic E-state index is -0.413. The number of hydrogen-bond donors (Lipinski definition) is 0. The van der Waals surface area contributed by atoms with E-state index in [-0.39, 0.29) is 17.0 Å². The summed E-state index contributed by atoms with van der Waals surface area (Å²) in [5.41, 5.74) is 6.19. The number of hydrogen-bond acceptors (Lipinski definition) is 3. The van der Waals surface area contributed by atoms with Gasteiger partial charge in [0.2, 0.25) is 0 Å². The summed E-state index contributed by atoms with van der Waals surface area (Å²) in [5.74, 6) is -0.354. The highest BCUT2D eigenvalue weighted by Crippen LogP contribution is 2.56. The Morgan fingerprint density at radius 2 is 1.49 bits per heavy atom. The number of benzene rings is 3. The first kappa shape index (κ1) is 22.3. The van der Waals surface area contributed by atoms with Crippen molar-refractivity contribution in [2.45, 2.75) is 32.6 Å². The number of anilines is 1. The van der Waals surface area contributed by atoms with Crippen molar-refractivity contribution in [2.24, 2.45) is 5.41 Å². The van der Waals surface area contributed by atoms with Gasteiger partial charge in [0.15, 0.2) is 11.6 Å². The third kappa shape index (κ3) is 3.41. The van der Waals surface area contributed by atoms with Crippen LogP contribution in [0, 0.1) is 5.41 Å². The summed E-state index contributed by atoms with van der Waals surface area (Å²) >= 11 is 12.7. The van der Waals surface area contributed by atoms with Gasteiger partial charge in [-0.15, -0.1) is 0 Å². The molecule has 3 nitrogen and oxygen atoms in total. The van der Waals surface area contributed by atoms with Crippen molar-refractivity contribution in [3.63, 3.8) is 0 Å². The summed E-state index contributed by atoms with van der Waals surface area (Å²) < 4.78 is 0. The van der Waals surface area contributed by atoms with Gasteiger partial charge in [-0.25, -0.2) is 0 Å². The van der Waals surface area contributed by atoms with Crippen LogP contribution in [0.1, 0.15) is 54.1 Å². The Bertz CT molecular complexity index is 1480. The van der Waals surface area contributed by atoms with Crippen LogP contribution < -0.4 is 4.90 Å². The number of fused-ring (bicyclic) bond motifs is 2. The molecule has 1 atom stereocenters. The molecule has 1 aliphatic heterocycles. The molecule has 1 heterocycles. The van der Waals surface area contributed by atoms with Crippen molar-refractivity contribution in [3.8, 4) is 0 Å². The molecule has 0 saturated heterocycles. The molecule has 1 unspecified atom stereocenters. The Kier molecular flexibility index (Phi) is 5.07. The summed E-state index contributed by atoms with van der Waals surface area (Å²) in [6.07, 6.45) is 1.14. The molecule has 2 aliphatic carbocycles. The van der Waals surface area contributed by atoms with E-state index < -0.39 is 5.92 Å². The van der Waals surface area contributed by atoms with Crippen molar-refractivity contribution < 1.29 is 9.59 Å². The first-order chi connectivity index (χ1) is 16.8. The third-order valence-corrected chi connectivity index (χ3v) is 7.93. The number of ketones is 2. The van der Waals surface area contributed by atoms with Gasteiger partial charge in [-0.2, -0.15) is 0 Å². The highest BCUT2D eigenvalue weighted by Gasteiger charge is 2.49. The molecule has 5 heteroatoms. The van der Waals surface area contributed by atoms with Gasteiger partial charge >= 0.3 is 0 Å². The Balaban J connectivity index is 1.71. The largest absolute Gasteiger partial charge is 0.313 e. The van der Waals surface area contributed by atoms with Gasteiger partial charge in [0, 0.05) is 46.0 Å². The average Bonchev–Trinajstić information content (AvgIpc) is 3.12. The van der Waals surface area contributed by atoms with E-state index in [2.05, 4.69) is 18.7 Å². The number of rotatable bonds is 2. The fourth-order valence-electron chi connectivity index (χ4n) is 5.79.